The molecule has 0 aromatic heterocycles. The van der Waals surface area contributed by atoms with Crippen LogP contribution in [0, 0.1) is 6.92 Å². The molecule has 1 rings (SSSR count). The predicted octanol–water partition coefficient (Wildman–Crippen LogP) is 2.94. The zero-order valence-electron chi connectivity index (χ0n) is 8.36. The van der Waals surface area contributed by atoms with Gasteiger partial charge in [0.25, 0.3) is 0 Å². The summed E-state index contributed by atoms with van der Waals surface area (Å²) in [5.41, 5.74) is 7.62. The van der Waals surface area contributed by atoms with Crippen molar-refractivity contribution in [1.82, 2.24) is 0 Å². The van der Waals surface area contributed by atoms with Gasteiger partial charge < -0.3 is 11.1 Å². The van der Waals surface area contributed by atoms with Crippen LogP contribution < -0.4 is 11.1 Å². The van der Waals surface area contributed by atoms with Gasteiger partial charge in [0.1, 0.15) is 0 Å². The number of aryl methyl sites for hydroxylation is 1. The summed E-state index contributed by atoms with van der Waals surface area (Å²) >= 11 is 0. The maximum absolute atomic E-state index is 11.9. The van der Waals surface area contributed by atoms with Gasteiger partial charge in [-0.3, -0.25) is 0 Å². The van der Waals surface area contributed by atoms with E-state index in [4.69, 9.17) is 5.73 Å². The van der Waals surface area contributed by atoms with E-state index in [1.807, 2.05) is 6.92 Å². The van der Waals surface area contributed by atoms with Gasteiger partial charge in [0.2, 0.25) is 0 Å². The highest BCUT2D eigenvalue weighted by atomic mass is 19.4. The second-order valence-corrected chi connectivity index (χ2v) is 3.38. The number of hydrogen-bond acceptors (Lipinski definition) is 2. The highest BCUT2D eigenvalue weighted by Crippen LogP contribution is 2.22. The van der Waals surface area contributed by atoms with Crippen molar-refractivity contribution in [3.63, 3.8) is 0 Å². The number of anilines is 2. The van der Waals surface area contributed by atoms with Crippen LogP contribution in [0.25, 0.3) is 0 Å². The Morgan fingerprint density at radius 2 is 2.00 bits per heavy atom. The standard InChI is InChI=1S/C10H13F3N2/c1-7-2-3-9(8(14)6-7)15-5-4-10(11,12)13/h2-3,6,15H,4-5,14H2,1H3. The van der Waals surface area contributed by atoms with E-state index >= 15 is 0 Å². The number of nitrogens with one attached hydrogen (secondary N) is 1. The number of rotatable bonds is 3. The molecule has 5 heteroatoms. The fourth-order valence-electron chi connectivity index (χ4n) is 1.18. The monoisotopic (exact) mass is 218 g/mol. The van der Waals surface area contributed by atoms with E-state index in [9.17, 15) is 13.2 Å². The maximum atomic E-state index is 11.9. The molecule has 0 aliphatic carbocycles. The third kappa shape index (κ3) is 4.10. The lowest BCUT2D eigenvalue weighted by molar-refractivity contribution is -0.131. The summed E-state index contributed by atoms with van der Waals surface area (Å²) < 4.78 is 35.6. The lowest BCUT2D eigenvalue weighted by Crippen LogP contribution is -2.15. The zero-order chi connectivity index (χ0) is 11.5. The van der Waals surface area contributed by atoms with Gasteiger partial charge >= 0.3 is 6.18 Å². The smallest absolute Gasteiger partial charge is 0.390 e. The third-order valence-electron chi connectivity index (χ3n) is 1.93. The zero-order valence-corrected chi connectivity index (χ0v) is 8.36. The minimum absolute atomic E-state index is 0.156. The van der Waals surface area contributed by atoms with Crippen LogP contribution in [0.1, 0.15) is 12.0 Å². The number of nitrogen functional groups attached to an aromatic ring is 1. The first-order valence-corrected chi connectivity index (χ1v) is 4.55. The van der Waals surface area contributed by atoms with Gasteiger partial charge in [-0.25, -0.2) is 0 Å². The van der Waals surface area contributed by atoms with E-state index in [-0.39, 0.29) is 6.54 Å². The molecule has 84 valence electrons. The minimum Gasteiger partial charge on any atom is -0.397 e. The maximum Gasteiger partial charge on any atom is 0.390 e. The van der Waals surface area contributed by atoms with Crippen molar-refractivity contribution in [2.75, 3.05) is 17.6 Å². The van der Waals surface area contributed by atoms with Crippen LogP contribution >= 0.6 is 0 Å². The molecule has 0 atom stereocenters. The highest BCUT2D eigenvalue weighted by molar-refractivity contribution is 5.66. The Kier molecular flexibility index (Phi) is 3.44. The second kappa shape index (κ2) is 4.42. The average Bonchev–Trinajstić information content (AvgIpc) is 2.07. The van der Waals surface area contributed by atoms with Crippen molar-refractivity contribution in [3.8, 4) is 0 Å². The van der Waals surface area contributed by atoms with Crippen molar-refractivity contribution in [1.29, 1.82) is 0 Å². The van der Waals surface area contributed by atoms with Crippen molar-refractivity contribution in [2.24, 2.45) is 0 Å². The van der Waals surface area contributed by atoms with Crippen LogP contribution in [-0.4, -0.2) is 12.7 Å². The highest BCUT2D eigenvalue weighted by Gasteiger charge is 2.26. The first kappa shape index (κ1) is 11.7. The van der Waals surface area contributed by atoms with E-state index < -0.39 is 12.6 Å². The molecular formula is C10H13F3N2. The fraction of sp³-hybridized carbons (Fsp3) is 0.400. The number of hydrogen-bond donors (Lipinski definition) is 2. The van der Waals surface area contributed by atoms with Crippen molar-refractivity contribution in [3.05, 3.63) is 23.8 Å². The Morgan fingerprint density at radius 3 is 2.53 bits per heavy atom. The Balaban J connectivity index is 2.51. The first-order valence-electron chi connectivity index (χ1n) is 4.55. The summed E-state index contributed by atoms with van der Waals surface area (Å²) in [5, 5.41) is 2.65. The van der Waals surface area contributed by atoms with Gasteiger partial charge in [0.15, 0.2) is 0 Å². The van der Waals surface area contributed by atoms with Crippen LogP contribution in [0.2, 0.25) is 0 Å². The molecule has 0 aliphatic rings. The SMILES string of the molecule is Cc1ccc(NCCC(F)(F)F)c(N)c1. The van der Waals surface area contributed by atoms with Crippen LogP contribution in [0.3, 0.4) is 0 Å². The van der Waals surface area contributed by atoms with Gasteiger partial charge in [0, 0.05) is 6.54 Å². The van der Waals surface area contributed by atoms with E-state index in [2.05, 4.69) is 5.32 Å². The summed E-state index contributed by atoms with van der Waals surface area (Å²) in [6.45, 7) is 1.71. The molecule has 0 heterocycles. The average molecular weight is 218 g/mol. The van der Waals surface area contributed by atoms with Gasteiger partial charge in [0.05, 0.1) is 17.8 Å². The van der Waals surface area contributed by atoms with Gasteiger partial charge in [-0.2, -0.15) is 13.2 Å². The molecule has 0 unspecified atom stereocenters. The topological polar surface area (TPSA) is 38.0 Å². The second-order valence-electron chi connectivity index (χ2n) is 3.38. The van der Waals surface area contributed by atoms with E-state index in [0.717, 1.165) is 5.56 Å². The Labute approximate surface area is 86.3 Å². The molecule has 0 aliphatic heterocycles. The Morgan fingerprint density at radius 1 is 1.33 bits per heavy atom. The minimum atomic E-state index is -4.13. The molecule has 1 aromatic rings. The summed E-state index contributed by atoms with van der Waals surface area (Å²) in [7, 11) is 0. The van der Waals surface area contributed by atoms with Crippen LogP contribution in [0.5, 0.6) is 0 Å². The van der Waals surface area contributed by atoms with Crippen molar-refractivity contribution >= 4 is 11.4 Å². The molecule has 1 aromatic carbocycles. The molecule has 15 heavy (non-hydrogen) atoms. The molecule has 0 amide bonds. The van der Waals surface area contributed by atoms with Crippen molar-refractivity contribution in [2.45, 2.75) is 19.5 Å². The molecule has 2 nitrogen and oxygen atoms in total. The van der Waals surface area contributed by atoms with E-state index in [1.165, 1.54) is 0 Å². The quantitative estimate of drug-likeness (QED) is 0.765. The molecular weight excluding hydrogens is 205 g/mol. The molecule has 0 spiro atoms. The van der Waals surface area contributed by atoms with Crippen LogP contribution in [0.15, 0.2) is 18.2 Å². The first-order chi connectivity index (χ1) is 6.88. The molecule has 0 radical (unpaired) electrons. The van der Waals surface area contributed by atoms with Crippen LogP contribution in [-0.2, 0) is 0 Å². The Bertz CT molecular complexity index is 334. The Hall–Kier alpha value is -1.39. The molecule has 0 saturated carbocycles. The van der Waals surface area contributed by atoms with Crippen molar-refractivity contribution < 1.29 is 13.2 Å². The largest absolute Gasteiger partial charge is 0.397 e. The summed E-state index contributed by atoms with van der Waals surface area (Å²) in [5.74, 6) is 0. The van der Waals surface area contributed by atoms with Crippen LogP contribution in [0.4, 0.5) is 24.5 Å². The number of halogens is 3. The summed E-state index contributed by atoms with van der Waals surface area (Å²) in [6, 6.07) is 5.20. The number of benzene rings is 1. The predicted molar refractivity (Wildman–Crippen MR) is 54.8 cm³/mol. The molecule has 0 saturated heterocycles. The lowest BCUT2D eigenvalue weighted by Gasteiger charge is -2.11. The van der Waals surface area contributed by atoms with Gasteiger partial charge in [-0.15, -0.1) is 0 Å². The third-order valence-corrected chi connectivity index (χ3v) is 1.93. The van der Waals surface area contributed by atoms with Gasteiger partial charge in [-0.05, 0) is 24.6 Å². The fourth-order valence-corrected chi connectivity index (χ4v) is 1.18. The number of alkyl halides is 3. The normalized spacial score (nSPS) is 11.5. The number of nitrogens with two attached hydrogens (primary N) is 1. The summed E-state index contributed by atoms with van der Waals surface area (Å²) in [6.07, 6.45) is -4.99. The lowest BCUT2D eigenvalue weighted by atomic mass is 10.2. The molecule has 0 fully saturated rings. The van der Waals surface area contributed by atoms with Gasteiger partial charge in [-0.1, -0.05) is 6.07 Å². The molecule has 0 bridgehead atoms. The van der Waals surface area contributed by atoms with E-state index in [1.54, 1.807) is 18.2 Å². The molecule has 3 N–H and O–H groups in total. The summed E-state index contributed by atoms with van der Waals surface area (Å²) in [4.78, 5) is 0. The van der Waals surface area contributed by atoms with E-state index in [0.29, 0.717) is 11.4 Å².